The van der Waals surface area contributed by atoms with E-state index in [9.17, 15) is 10.4 Å². The third-order valence-electron chi connectivity index (χ3n) is 5.16. The summed E-state index contributed by atoms with van der Waals surface area (Å²) in [5.74, 6) is 0. The van der Waals surface area contributed by atoms with E-state index in [1.807, 2.05) is 98.8 Å². The molecule has 0 heterocycles. The third kappa shape index (κ3) is 3.99. The average Bonchev–Trinajstić information content (AvgIpc) is 2.75. The minimum atomic E-state index is -1.22. The van der Waals surface area contributed by atoms with Gasteiger partial charge in [0.25, 0.3) is 0 Å². The van der Waals surface area contributed by atoms with E-state index >= 15 is 0 Å². The smallest absolute Gasteiger partial charge is 0.135 e. The molecule has 0 aliphatic carbocycles. The van der Waals surface area contributed by atoms with Gasteiger partial charge in [0.15, 0.2) is 0 Å². The lowest BCUT2D eigenvalue weighted by atomic mass is 9.70. The van der Waals surface area contributed by atoms with Crippen molar-refractivity contribution in [3.8, 4) is 6.07 Å². The first-order chi connectivity index (χ1) is 13.6. The summed E-state index contributed by atoms with van der Waals surface area (Å²) in [6, 6.07) is 29.4. The number of hydrogen-bond donors (Lipinski definition) is 1. The van der Waals surface area contributed by atoms with Crippen LogP contribution in [0.15, 0.2) is 84.9 Å². The lowest BCUT2D eigenvalue weighted by Crippen LogP contribution is -2.46. The van der Waals surface area contributed by atoms with E-state index in [-0.39, 0.29) is 0 Å². The van der Waals surface area contributed by atoms with Crippen LogP contribution in [-0.2, 0) is 16.8 Å². The average molecular weight is 371 g/mol. The van der Waals surface area contributed by atoms with Gasteiger partial charge in [0.2, 0.25) is 0 Å². The highest BCUT2D eigenvalue weighted by atomic mass is 16.5. The number of rotatable bonds is 7. The molecule has 3 aromatic carbocycles. The molecule has 0 fully saturated rings. The summed E-state index contributed by atoms with van der Waals surface area (Å²) in [6.07, 6.45) is -1.58. The fraction of sp³-hybridized carbons (Fsp3) is 0.240. The van der Waals surface area contributed by atoms with Crippen LogP contribution < -0.4 is 0 Å². The zero-order valence-electron chi connectivity index (χ0n) is 16.2. The van der Waals surface area contributed by atoms with E-state index in [2.05, 4.69) is 6.07 Å². The lowest BCUT2D eigenvalue weighted by Gasteiger charge is -2.36. The quantitative estimate of drug-likeness (QED) is 0.651. The molecule has 0 saturated heterocycles. The molecule has 3 rings (SSSR count). The number of nitrogens with zero attached hydrogens (tertiary/aromatic N) is 1. The first kappa shape index (κ1) is 19.8. The Labute approximate surface area is 166 Å². The predicted molar refractivity (Wildman–Crippen MR) is 111 cm³/mol. The number of nitriles is 1. The van der Waals surface area contributed by atoms with E-state index in [1.165, 1.54) is 0 Å². The van der Waals surface area contributed by atoms with E-state index < -0.39 is 17.6 Å². The highest BCUT2D eigenvalue weighted by Gasteiger charge is 2.45. The van der Waals surface area contributed by atoms with E-state index in [0.717, 1.165) is 22.3 Å². The molecule has 0 aliphatic rings. The Morgan fingerprint density at radius 3 is 2.00 bits per heavy atom. The molecule has 0 saturated carbocycles. The second kappa shape index (κ2) is 8.84. The molecule has 0 amide bonds. The molecule has 0 aliphatic heterocycles. The fourth-order valence-corrected chi connectivity index (χ4v) is 3.47. The van der Waals surface area contributed by atoms with Crippen molar-refractivity contribution in [1.29, 1.82) is 5.26 Å². The van der Waals surface area contributed by atoms with Gasteiger partial charge in [-0.15, -0.1) is 0 Å². The Morgan fingerprint density at radius 2 is 1.43 bits per heavy atom. The zero-order chi connectivity index (χ0) is 20.0. The topological polar surface area (TPSA) is 53.2 Å². The second-order valence-electron chi connectivity index (χ2n) is 7.10. The van der Waals surface area contributed by atoms with Crippen LogP contribution in [0.25, 0.3) is 0 Å². The van der Waals surface area contributed by atoms with Crippen molar-refractivity contribution in [2.75, 3.05) is 0 Å². The van der Waals surface area contributed by atoms with Crippen molar-refractivity contribution < 1.29 is 9.84 Å². The van der Waals surface area contributed by atoms with Gasteiger partial charge in [-0.05, 0) is 30.5 Å². The van der Waals surface area contributed by atoms with Gasteiger partial charge in [0.05, 0.1) is 18.8 Å². The molecule has 1 N–H and O–H groups in total. The molecule has 142 valence electrons. The molecule has 3 heteroatoms. The Bertz CT molecular complexity index is 916. The number of benzene rings is 3. The maximum atomic E-state index is 11.3. The van der Waals surface area contributed by atoms with E-state index in [4.69, 9.17) is 4.74 Å². The second-order valence-corrected chi connectivity index (χ2v) is 7.10. The summed E-state index contributed by atoms with van der Waals surface area (Å²) >= 11 is 0. The third-order valence-corrected chi connectivity index (χ3v) is 5.16. The van der Waals surface area contributed by atoms with E-state index in [0.29, 0.717) is 6.61 Å². The van der Waals surface area contributed by atoms with Crippen LogP contribution in [0.1, 0.15) is 29.2 Å². The number of ether oxygens (including phenoxy) is 1. The highest BCUT2D eigenvalue weighted by Crippen LogP contribution is 2.37. The van der Waals surface area contributed by atoms with Crippen molar-refractivity contribution in [2.24, 2.45) is 0 Å². The summed E-state index contributed by atoms with van der Waals surface area (Å²) in [7, 11) is 0. The standard InChI is InChI=1S/C25H25NO2/c1-19-13-15-23(16-14-19)25(18-26,22-11-7-4-8-12-22)24(27)20(2)28-17-21-9-5-3-6-10-21/h3-16,20,24,27H,17H2,1-2H3/t20-,24+,25?/m0/s1. The van der Waals surface area contributed by atoms with Gasteiger partial charge in [-0.1, -0.05) is 90.5 Å². The van der Waals surface area contributed by atoms with Gasteiger partial charge < -0.3 is 9.84 Å². The molecule has 0 radical (unpaired) electrons. The molecule has 3 nitrogen and oxygen atoms in total. The van der Waals surface area contributed by atoms with Gasteiger partial charge in [-0.3, -0.25) is 0 Å². The minimum absolute atomic E-state index is 0.378. The Balaban J connectivity index is 1.96. The fourth-order valence-electron chi connectivity index (χ4n) is 3.47. The zero-order valence-corrected chi connectivity index (χ0v) is 16.2. The molecule has 28 heavy (non-hydrogen) atoms. The van der Waals surface area contributed by atoms with E-state index in [1.54, 1.807) is 0 Å². The number of hydrogen-bond acceptors (Lipinski definition) is 3. The van der Waals surface area contributed by atoms with Gasteiger partial charge in [-0.25, -0.2) is 0 Å². The first-order valence-corrected chi connectivity index (χ1v) is 9.45. The van der Waals surface area contributed by atoms with Crippen molar-refractivity contribution in [2.45, 2.75) is 38.1 Å². The summed E-state index contributed by atoms with van der Waals surface area (Å²) in [5, 5.41) is 21.6. The largest absolute Gasteiger partial charge is 0.388 e. The normalized spacial score (nSPS) is 15.2. The number of aliphatic hydroxyl groups excluding tert-OH is 1. The van der Waals surface area contributed by atoms with Crippen LogP contribution in [0.3, 0.4) is 0 Å². The SMILES string of the molecule is Cc1ccc(C(C#N)(c2ccccc2)[C@H](O)[C@H](C)OCc2ccccc2)cc1. The van der Waals surface area contributed by atoms with Crippen LogP contribution >= 0.6 is 0 Å². The molecule has 3 atom stereocenters. The summed E-state index contributed by atoms with van der Waals surface area (Å²) in [5.41, 5.74) is 2.43. The molecular formula is C25H25NO2. The van der Waals surface area contributed by atoms with Gasteiger partial charge in [-0.2, -0.15) is 5.26 Å². The first-order valence-electron chi connectivity index (χ1n) is 9.45. The van der Waals surface area contributed by atoms with Crippen LogP contribution in [0.4, 0.5) is 0 Å². The minimum Gasteiger partial charge on any atom is -0.388 e. The van der Waals surface area contributed by atoms with Gasteiger partial charge in [0, 0.05) is 0 Å². The van der Waals surface area contributed by atoms with Crippen LogP contribution in [0.5, 0.6) is 0 Å². The maximum absolute atomic E-state index is 11.3. The van der Waals surface area contributed by atoms with Gasteiger partial charge in [0.1, 0.15) is 11.5 Å². The Morgan fingerprint density at radius 1 is 0.893 bits per heavy atom. The summed E-state index contributed by atoms with van der Waals surface area (Å²) in [4.78, 5) is 0. The number of aliphatic hydroxyl groups is 1. The molecule has 3 aromatic rings. The monoisotopic (exact) mass is 371 g/mol. The molecule has 0 spiro atoms. The molecule has 1 unspecified atom stereocenters. The van der Waals surface area contributed by atoms with Crippen molar-refractivity contribution in [3.63, 3.8) is 0 Å². The Kier molecular flexibility index (Phi) is 6.26. The molecular weight excluding hydrogens is 346 g/mol. The molecule has 0 aromatic heterocycles. The Hall–Kier alpha value is -2.93. The van der Waals surface area contributed by atoms with Crippen LogP contribution in [0.2, 0.25) is 0 Å². The highest BCUT2D eigenvalue weighted by molar-refractivity contribution is 5.48. The maximum Gasteiger partial charge on any atom is 0.135 e. The van der Waals surface area contributed by atoms with Crippen molar-refractivity contribution >= 4 is 0 Å². The van der Waals surface area contributed by atoms with Crippen LogP contribution in [-0.4, -0.2) is 17.3 Å². The van der Waals surface area contributed by atoms with Crippen LogP contribution in [0, 0.1) is 18.3 Å². The van der Waals surface area contributed by atoms with Crippen molar-refractivity contribution in [3.05, 3.63) is 107 Å². The van der Waals surface area contributed by atoms with Crippen molar-refractivity contribution in [1.82, 2.24) is 0 Å². The predicted octanol–water partition coefficient (Wildman–Crippen LogP) is 4.77. The summed E-state index contributed by atoms with van der Waals surface area (Å²) < 4.78 is 5.96. The van der Waals surface area contributed by atoms with Gasteiger partial charge >= 0.3 is 0 Å². The lowest BCUT2D eigenvalue weighted by molar-refractivity contribution is -0.0522. The number of aryl methyl sites for hydroxylation is 1. The molecule has 0 bridgehead atoms. The summed E-state index contributed by atoms with van der Waals surface area (Å²) in [6.45, 7) is 4.20.